The molecule has 0 amide bonds. The molecular weight excluding hydrogens is 344 g/mol. The van der Waals surface area contributed by atoms with E-state index >= 15 is 0 Å². The number of hydrogen-bond donors (Lipinski definition) is 0. The first-order chi connectivity index (χ1) is 12.8. The minimum Gasteiger partial charge on any atom is -0.456 e. The van der Waals surface area contributed by atoms with Gasteiger partial charge in [0.15, 0.2) is 0 Å². The second-order valence-corrected chi connectivity index (χ2v) is 11.6. The molecular formula is C26H42O2. The van der Waals surface area contributed by atoms with Crippen LogP contribution in [0.15, 0.2) is 24.3 Å². The van der Waals surface area contributed by atoms with Crippen molar-refractivity contribution in [3.8, 4) is 0 Å². The van der Waals surface area contributed by atoms with Crippen LogP contribution in [-0.2, 0) is 4.74 Å². The zero-order valence-corrected chi connectivity index (χ0v) is 19.5. The van der Waals surface area contributed by atoms with E-state index in [0.717, 1.165) is 6.42 Å². The van der Waals surface area contributed by atoms with E-state index in [1.165, 1.54) is 37.7 Å². The molecule has 1 aromatic rings. The summed E-state index contributed by atoms with van der Waals surface area (Å²) in [7, 11) is 0. The Kier molecular flexibility index (Phi) is 7.05. The summed E-state index contributed by atoms with van der Waals surface area (Å²) in [5.41, 5.74) is 2.02. The number of esters is 1. The Bertz CT molecular complexity index is 634. The predicted octanol–water partition coefficient (Wildman–Crippen LogP) is 7.77. The van der Waals surface area contributed by atoms with Crippen molar-refractivity contribution in [3.63, 3.8) is 0 Å². The van der Waals surface area contributed by atoms with Crippen molar-refractivity contribution in [1.29, 1.82) is 0 Å². The molecule has 1 aliphatic rings. The predicted molar refractivity (Wildman–Crippen MR) is 119 cm³/mol. The molecule has 1 saturated carbocycles. The van der Waals surface area contributed by atoms with E-state index in [4.69, 9.17) is 4.74 Å². The first-order valence-corrected chi connectivity index (χ1v) is 11.1. The van der Waals surface area contributed by atoms with Crippen molar-refractivity contribution in [1.82, 2.24) is 0 Å². The maximum Gasteiger partial charge on any atom is 0.338 e. The number of carbonyl (C=O) groups excluding carboxylic acids is 1. The molecule has 0 bridgehead atoms. The van der Waals surface area contributed by atoms with Gasteiger partial charge in [0.2, 0.25) is 0 Å². The highest BCUT2D eigenvalue weighted by atomic mass is 16.6. The minimum absolute atomic E-state index is 0.179. The van der Waals surface area contributed by atoms with Gasteiger partial charge in [0, 0.05) is 0 Å². The second-order valence-electron chi connectivity index (χ2n) is 11.6. The highest BCUT2D eigenvalue weighted by Crippen LogP contribution is 2.43. The fourth-order valence-corrected chi connectivity index (χ4v) is 4.57. The molecule has 1 unspecified atom stereocenters. The Morgan fingerprint density at radius 3 is 1.93 bits per heavy atom. The van der Waals surface area contributed by atoms with Crippen LogP contribution in [0.5, 0.6) is 0 Å². The number of benzene rings is 1. The van der Waals surface area contributed by atoms with E-state index in [0.29, 0.717) is 17.4 Å². The molecule has 0 spiro atoms. The van der Waals surface area contributed by atoms with Gasteiger partial charge in [0.25, 0.3) is 0 Å². The zero-order valence-electron chi connectivity index (χ0n) is 19.5. The Hall–Kier alpha value is -1.31. The summed E-state index contributed by atoms with van der Waals surface area (Å²) in [6.07, 6.45) is 7.27. The molecule has 1 fully saturated rings. The lowest BCUT2D eigenvalue weighted by molar-refractivity contribution is -0.0384. The molecule has 0 heterocycles. The van der Waals surface area contributed by atoms with E-state index in [1.807, 2.05) is 12.1 Å². The van der Waals surface area contributed by atoms with Crippen LogP contribution in [0.3, 0.4) is 0 Å². The summed E-state index contributed by atoms with van der Waals surface area (Å²) in [6.45, 7) is 18.0. The smallest absolute Gasteiger partial charge is 0.338 e. The average Bonchev–Trinajstić information content (AvgIpc) is 2.58. The van der Waals surface area contributed by atoms with E-state index in [9.17, 15) is 4.79 Å². The van der Waals surface area contributed by atoms with Crippen molar-refractivity contribution in [3.05, 3.63) is 35.4 Å². The third kappa shape index (κ3) is 6.36. The van der Waals surface area contributed by atoms with Crippen molar-refractivity contribution < 1.29 is 9.53 Å². The number of rotatable bonds is 5. The van der Waals surface area contributed by atoms with Crippen LogP contribution < -0.4 is 0 Å². The summed E-state index contributed by atoms with van der Waals surface area (Å²) >= 11 is 0. The van der Waals surface area contributed by atoms with E-state index in [2.05, 4.69) is 67.5 Å². The van der Waals surface area contributed by atoms with Gasteiger partial charge >= 0.3 is 5.97 Å². The maximum atomic E-state index is 12.8. The lowest BCUT2D eigenvalue weighted by Crippen LogP contribution is -2.37. The van der Waals surface area contributed by atoms with Crippen LogP contribution in [0.1, 0.15) is 116 Å². The lowest BCUT2D eigenvalue weighted by Gasteiger charge is -2.37. The van der Waals surface area contributed by atoms with Gasteiger partial charge in [-0.3, -0.25) is 0 Å². The topological polar surface area (TPSA) is 26.3 Å². The number of carbonyl (C=O) groups is 1. The molecule has 1 atom stereocenters. The van der Waals surface area contributed by atoms with Crippen LogP contribution in [-0.4, -0.2) is 11.6 Å². The van der Waals surface area contributed by atoms with Gasteiger partial charge in [-0.25, -0.2) is 4.79 Å². The highest BCUT2D eigenvalue weighted by molar-refractivity contribution is 5.89. The Labute approximate surface area is 173 Å². The first-order valence-electron chi connectivity index (χ1n) is 11.1. The monoisotopic (exact) mass is 386 g/mol. The highest BCUT2D eigenvalue weighted by Gasteiger charge is 2.35. The fraction of sp³-hybridized carbons (Fsp3) is 0.731. The Morgan fingerprint density at radius 2 is 1.46 bits per heavy atom. The molecule has 2 nitrogen and oxygen atoms in total. The normalized spacial score (nSPS) is 18.0. The van der Waals surface area contributed by atoms with E-state index in [-0.39, 0.29) is 16.8 Å². The van der Waals surface area contributed by atoms with Gasteiger partial charge in [-0.15, -0.1) is 0 Å². The molecule has 2 rings (SSSR count). The molecule has 2 heteroatoms. The fourth-order valence-electron chi connectivity index (χ4n) is 4.57. The summed E-state index contributed by atoms with van der Waals surface area (Å²) < 4.78 is 5.97. The van der Waals surface area contributed by atoms with Crippen LogP contribution in [0.25, 0.3) is 0 Å². The summed E-state index contributed by atoms with van der Waals surface area (Å²) in [4.78, 5) is 12.8. The van der Waals surface area contributed by atoms with Crippen LogP contribution in [0.4, 0.5) is 0 Å². The molecule has 0 aliphatic heterocycles. The van der Waals surface area contributed by atoms with Gasteiger partial charge in [-0.2, -0.15) is 0 Å². The quantitative estimate of drug-likeness (QED) is 0.483. The molecule has 1 aliphatic carbocycles. The van der Waals surface area contributed by atoms with Crippen molar-refractivity contribution in [2.45, 2.75) is 105 Å². The molecule has 1 aromatic carbocycles. The van der Waals surface area contributed by atoms with Gasteiger partial charge in [-0.1, -0.05) is 72.9 Å². The lowest BCUT2D eigenvalue weighted by atomic mass is 9.69. The van der Waals surface area contributed by atoms with Gasteiger partial charge in [0.05, 0.1) is 5.56 Å². The zero-order chi connectivity index (χ0) is 21.2. The van der Waals surface area contributed by atoms with Crippen LogP contribution >= 0.6 is 0 Å². The molecule has 158 valence electrons. The molecule has 0 aromatic heterocycles. The van der Waals surface area contributed by atoms with Gasteiger partial charge in [0.1, 0.15) is 5.60 Å². The third-order valence-electron chi connectivity index (χ3n) is 6.35. The average molecular weight is 387 g/mol. The largest absolute Gasteiger partial charge is 0.456 e. The molecule has 28 heavy (non-hydrogen) atoms. The van der Waals surface area contributed by atoms with E-state index < -0.39 is 5.60 Å². The number of hydrogen-bond acceptors (Lipinski definition) is 2. The first kappa shape index (κ1) is 23.0. The summed E-state index contributed by atoms with van der Waals surface area (Å²) in [5.74, 6) is 0.739. The van der Waals surface area contributed by atoms with Crippen molar-refractivity contribution in [2.24, 2.45) is 16.7 Å². The SMILES string of the molecule is CC(C)(C)CC(c1ccc(C(=O)OC(C)(C)C2CCCCC2)cc1)C(C)(C)C. The van der Waals surface area contributed by atoms with Gasteiger partial charge in [-0.05, 0) is 73.5 Å². The van der Waals surface area contributed by atoms with Crippen LogP contribution in [0.2, 0.25) is 0 Å². The van der Waals surface area contributed by atoms with Crippen molar-refractivity contribution >= 4 is 5.97 Å². The van der Waals surface area contributed by atoms with Gasteiger partial charge < -0.3 is 4.74 Å². The standard InChI is InChI=1S/C26H42O2/c1-24(2,3)18-22(25(4,5)6)19-14-16-20(17-15-19)23(27)28-26(7,8)21-12-10-9-11-13-21/h14-17,21-22H,9-13,18H2,1-8H3. The Balaban J connectivity index is 2.12. The number of ether oxygens (including phenoxy) is 1. The molecule has 0 radical (unpaired) electrons. The maximum absolute atomic E-state index is 12.8. The second kappa shape index (κ2) is 8.59. The minimum atomic E-state index is -0.393. The van der Waals surface area contributed by atoms with E-state index in [1.54, 1.807) is 0 Å². The molecule has 0 saturated heterocycles. The summed E-state index contributed by atoms with van der Waals surface area (Å²) in [6, 6.07) is 8.17. The third-order valence-corrected chi connectivity index (χ3v) is 6.35. The summed E-state index contributed by atoms with van der Waals surface area (Å²) in [5, 5.41) is 0. The Morgan fingerprint density at radius 1 is 0.929 bits per heavy atom. The van der Waals surface area contributed by atoms with Crippen molar-refractivity contribution in [2.75, 3.05) is 0 Å². The molecule has 0 N–H and O–H groups in total. The van der Waals surface area contributed by atoms with Crippen LogP contribution in [0, 0.1) is 16.7 Å².